The maximum absolute atomic E-state index is 13.6. The second-order valence-corrected chi connectivity index (χ2v) is 14.6. The van der Waals surface area contributed by atoms with E-state index in [4.69, 9.17) is 6.57 Å². The normalized spacial score (nSPS) is 10.9. The number of carbonyl (C=O) groups is 8. The lowest BCUT2D eigenvalue weighted by atomic mass is 9.97. The molecule has 5 rings (SSSR count). The SMILES string of the molecule is [C-]#[N+]c1c(C)c(N=Nc2cc(C(=O)O)ccc2C(=O)O)c(=O)n(CNC(=O)c2cc(C(=O)NCCCn3c(O)c(C#N)c(C)c(N=Nc4cc(C(=O)O)ccc4C(=O)O)c3=O)c(C(=O)O)cc2C(=O)O)c1O. The number of pyridine rings is 2. The molecule has 28 heteroatoms. The number of carboxylic acids is 6. The molecule has 0 atom stereocenters. The molecule has 0 aliphatic carbocycles. The van der Waals surface area contributed by atoms with Crippen molar-refractivity contribution in [1.29, 1.82) is 5.26 Å². The van der Waals surface area contributed by atoms with Gasteiger partial charge in [-0.15, -0.1) is 20.5 Å². The maximum Gasteiger partial charge on any atom is 0.337 e. The molecular weight excluding hydrogens is 957 g/mol. The van der Waals surface area contributed by atoms with Crippen LogP contribution in [0.4, 0.5) is 28.4 Å². The summed E-state index contributed by atoms with van der Waals surface area (Å²) in [6.07, 6.45) is -0.269. The van der Waals surface area contributed by atoms with Crippen LogP contribution < -0.4 is 21.8 Å². The number of amides is 2. The summed E-state index contributed by atoms with van der Waals surface area (Å²) in [5.41, 5.74) is -11.6. The molecule has 3 aromatic carbocycles. The van der Waals surface area contributed by atoms with Crippen LogP contribution in [0.25, 0.3) is 4.85 Å². The molecular formula is C44H32N10O18. The van der Waals surface area contributed by atoms with E-state index in [2.05, 4.69) is 35.9 Å². The molecule has 0 aliphatic heterocycles. The highest BCUT2D eigenvalue weighted by Crippen LogP contribution is 2.35. The zero-order valence-corrected chi connectivity index (χ0v) is 36.7. The molecule has 28 nitrogen and oxygen atoms in total. The number of carboxylic acid groups (broad SMARTS) is 6. The topological polar surface area (TPSA) is 444 Å². The lowest BCUT2D eigenvalue weighted by Gasteiger charge is -2.16. The van der Waals surface area contributed by atoms with E-state index in [-0.39, 0.29) is 23.1 Å². The lowest BCUT2D eigenvalue weighted by molar-refractivity contribution is 0.0676. The molecule has 5 aromatic rings. The maximum atomic E-state index is 13.6. The van der Waals surface area contributed by atoms with Crippen LogP contribution in [0.15, 0.2) is 78.6 Å². The van der Waals surface area contributed by atoms with Gasteiger partial charge in [-0.25, -0.2) is 33.6 Å². The average molecular weight is 989 g/mol. The number of rotatable bonds is 18. The second-order valence-electron chi connectivity index (χ2n) is 14.6. The van der Waals surface area contributed by atoms with E-state index >= 15 is 0 Å². The van der Waals surface area contributed by atoms with E-state index < -0.39 is 163 Å². The molecule has 0 radical (unpaired) electrons. The van der Waals surface area contributed by atoms with Gasteiger partial charge in [0.15, 0.2) is 11.6 Å². The molecule has 0 saturated heterocycles. The number of aromatic hydroxyl groups is 2. The Morgan fingerprint density at radius 2 is 1.04 bits per heavy atom. The molecule has 0 unspecified atom stereocenters. The van der Waals surface area contributed by atoms with Crippen molar-refractivity contribution in [2.45, 2.75) is 33.5 Å². The summed E-state index contributed by atoms with van der Waals surface area (Å²) in [7, 11) is 0. The Balaban J connectivity index is 1.42. The van der Waals surface area contributed by atoms with Crippen molar-refractivity contribution in [3.8, 4) is 17.8 Å². The van der Waals surface area contributed by atoms with Crippen LogP contribution in [0.1, 0.15) is 106 Å². The predicted molar refractivity (Wildman–Crippen MR) is 239 cm³/mol. The zero-order valence-electron chi connectivity index (χ0n) is 36.7. The third-order valence-corrected chi connectivity index (χ3v) is 10.3. The minimum atomic E-state index is -1.87. The summed E-state index contributed by atoms with van der Waals surface area (Å²) in [5, 5.41) is 108. The minimum Gasteiger partial charge on any atom is -0.503 e. The Bertz CT molecular complexity index is 3510. The predicted octanol–water partition coefficient (Wildman–Crippen LogP) is 4.69. The molecule has 0 saturated carbocycles. The summed E-state index contributed by atoms with van der Waals surface area (Å²) in [4.78, 5) is 129. The van der Waals surface area contributed by atoms with Gasteiger partial charge in [-0.2, -0.15) is 5.26 Å². The molecule has 2 amide bonds. The zero-order chi connectivity index (χ0) is 53.5. The van der Waals surface area contributed by atoms with Crippen LogP contribution in [-0.4, -0.2) is 104 Å². The quantitative estimate of drug-likeness (QED) is 0.0323. The summed E-state index contributed by atoms with van der Waals surface area (Å²) >= 11 is 0. The molecule has 0 aliphatic rings. The Labute approximate surface area is 399 Å². The van der Waals surface area contributed by atoms with Gasteiger partial charge in [0.2, 0.25) is 11.6 Å². The Kier molecular flexibility index (Phi) is 15.5. The van der Waals surface area contributed by atoms with Crippen molar-refractivity contribution in [2.24, 2.45) is 20.5 Å². The molecule has 72 heavy (non-hydrogen) atoms. The van der Waals surface area contributed by atoms with Crippen molar-refractivity contribution >= 4 is 76.1 Å². The van der Waals surface area contributed by atoms with Gasteiger partial charge in [-0.1, -0.05) is 0 Å². The van der Waals surface area contributed by atoms with Gasteiger partial charge in [0.05, 0.1) is 57.7 Å². The molecule has 2 aromatic heterocycles. The van der Waals surface area contributed by atoms with Gasteiger partial charge in [0, 0.05) is 18.7 Å². The molecule has 0 spiro atoms. The monoisotopic (exact) mass is 988 g/mol. The molecule has 10 N–H and O–H groups in total. The van der Waals surface area contributed by atoms with E-state index in [9.17, 15) is 94.1 Å². The third-order valence-electron chi connectivity index (χ3n) is 10.3. The van der Waals surface area contributed by atoms with Crippen molar-refractivity contribution < 1.29 is 79.2 Å². The van der Waals surface area contributed by atoms with E-state index in [1.807, 2.05) is 0 Å². The number of aromatic carboxylic acids is 6. The number of azo groups is 2. The summed E-state index contributed by atoms with van der Waals surface area (Å²) in [6.45, 7) is 7.93. The van der Waals surface area contributed by atoms with E-state index in [0.29, 0.717) is 21.3 Å². The van der Waals surface area contributed by atoms with Gasteiger partial charge in [-0.05, 0) is 74.4 Å². The Hall–Kier alpha value is -10.9. The van der Waals surface area contributed by atoms with Crippen molar-refractivity contribution in [3.05, 3.63) is 142 Å². The first-order valence-electron chi connectivity index (χ1n) is 19.9. The largest absolute Gasteiger partial charge is 0.503 e. The number of benzene rings is 3. The van der Waals surface area contributed by atoms with Crippen LogP contribution in [0.2, 0.25) is 0 Å². The highest BCUT2D eigenvalue weighted by Gasteiger charge is 2.28. The van der Waals surface area contributed by atoms with Crippen molar-refractivity contribution in [2.75, 3.05) is 6.54 Å². The van der Waals surface area contributed by atoms with E-state index in [0.717, 1.165) is 43.3 Å². The average Bonchev–Trinajstić information content (AvgIpc) is 3.32. The Morgan fingerprint density at radius 1 is 0.597 bits per heavy atom. The van der Waals surface area contributed by atoms with Crippen LogP contribution in [0.5, 0.6) is 11.8 Å². The standard InChI is InChI=1S/C44H32N10O18/c1-17-27(15-45)35(57)53(37(59)31(17)51-49-28-11-19(39(61)62)5-7-21(28)41(65)66)10-4-9-47-33(55)23-13-24(26(44(71)72)14-25(23)43(69)70)34(56)48-16-54-36(58)30(46-3)18(2)32(38(54)60)52-50-29-12-20(40(63)64)6-8-22(29)42(67)68/h5-8,11-14,57-58H,4,9-10,16H2,1-2H3,(H,47,55)(H,48,56)(H,61,62)(H,63,64)(H,65,66)(H,67,68)(H,69,70)(H,71,72). The van der Waals surface area contributed by atoms with Gasteiger partial charge in [0.1, 0.15) is 28.7 Å². The molecule has 2 heterocycles. The van der Waals surface area contributed by atoms with Crippen molar-refractivity contribution in [3.63, 3.8) is 0 Å². The molecule has 0 fully saturated rings. The van der Waals surface area contributed by atoms with Crippen LogP contribution in [-0.2, 0) is 13.2 Å². The fraction of sp³-hybridized carbons (Fsp3) is 0.136. The van der Waals surface area contributed by atoms with Gasteiger partial charge >= 0.3 is 35.8 Å². The highest BCUT2D eigenvalue weighted by atomic mass is 16.4. The number of nitrogens with one attached hydrogen (secondary N) is 2. The van der Waals surface area contributed by atoms with Crippen LogP contribution >= 0.6 is 0 Å². The lowest BCUT2D eigenvalue weighted by Crippen LogP contribution is -2.34. The molecule has 0 bridgehead atoms. The molecule has 366 valence electrons. The summed E-state index contributed by atoms with van der Waals surface area (Å²) in [5.74, 6) is -14.2. The Morgan fingerprint density at radius 3 is 1.49 bits per heavy atom. The summed E-state index contributed by atoms with van der Waals surface area (Å²) < 4.78 is 1.01. The third kappa shape index (κ3) is 10.6. The first-order valence-corrected chi connectivity index (χ1v) is 19.9. The van der Waals surface area contributed by atoms with Crippen LogP contribution in [0.3, 0.4) is 0 Å². The van der Waals surface area contributed by atoms with Crippen molar-refractivity contribution in [1.82, 2.24) is 19.8 Å². The van der Waals surface area contributed by atoms with Gasteiger partial charge in [-0.3, -0.25) is 28.3 Å². The number of carbonyl (C=O) groups excluding carboxylic acids is 2. The van der Waals surface area contributed by atoms with E-state index in [1.54, 1.807) is 6.07 Å². The number of nitrogens with zero attached hydrogens (tertiary/aromatic N) is 8. The highest BCUT2D eigenvalue weighted by molar-refractivity contribution is 6.12. The number of hydrogen-bond acceptors (Lipinski definition) is 17. The van der Waals surface area contributed by atoms with Gasteiger partial charge < -0.3 is 51.5 Å². The van der Waals surface area contributed by atoms with E-state index in [1.165, 1.54) is 6.92 Å². The smallest absolute Gasteiger partial charge is 0.337 e. The number of aromatic nitrogens is 2. The number of hydrogen-bond donors (Lipinski definition) is 10. The fourth-order valence-electron chi connectivity index (χ4n) is 6.63. The summed E-state index contributed by atoms with van der Waals surface area (Å²) in [6, 6.07) is 8.25. The second kappa shape index (κ2) is 21.4. The first-order chi connectivity index (χ1) is 33.9. The van der Waals surface area contributed by atoms with Gasteiger partial charge in [0.25, 0.3) is 22.9 Å². The van der Waals surface area contributed by atoms with Crippen LogP contribution in [0, 0.1) is 31.8 Å². The number of nitriles is 1. The minimum absolute atomic E-state index is 0.201. The fourth-order valence-corrected chi connectivity index (χ4v) is 6.63. The first kappa shape index (κ1) is 52.1.